The smallest absolute Gasteiger partial charge is 0.244 e. The van der Waals surface area contributed by atoms with Crippen LogP contribution in [0.1, 0.15) is 26.2 Å². The Morgan fingerprint density at radius 2 is 2.30 bits per heavy atom. The normalized spacial score (nSPS) is 21.1. The lowest BCUT2D eigenvalue weighted by Crippen LogP contribution is -2.50. The van der Waals surface area contributed by atoms with Crippen LogP contribution in [0.15, 0.2) is 18.2 Å². The van der Waals surface area contributed by atoms with Gasteiger partial charge >= 0.3 is 0 Å². The van der Waals surface area contributed by atoms with E-state index in [0.717, 1.165) is 25.8 Å². The Morgan fingerprint density at radius 3 is 2.85 bits per heavy atom. The van der Waals surface area contributed by atoms with E-state index in [-0.39, 0.29) is 18.3 Å². The first-order valence-corrected chi connectivity index (χ1v) is 6.89. The van der Waals surface area contributed by atoms with E-state index in [4.69, 9.17) is 16.3 Å². The van der Waals surface area contributed by atoms with Gasteiger partial charge in [0.25, 0.3) is 0 Å². The minimum absolute atomic E-state index is 0. The predicted molar refractivity (Wildman–Crippen MR) is 84.1 cm³/mol. The Balaban J connectivity index is 0.00000200. The molecule has 0 aliphatic carbocycles. The van der Waals surface area contributed by atoms with Gasteiger partial charge in [-0.3, -0.25) is 4.79 Å². The third-order valence-electron chi connectivity index (χ3n) is 3.69. The molecule has 1 aliphatic heterocycles. The minimum Gasteiger partial charge on any atom is -0.495 e. The second-order valence-corrected chi connectivity index (χ2v) is 5.18. The first-order chi connectivity index (χ1) is 9.11. The van der Waals surface area contributed by atoms with Crippen LogP contribution in [0.25, 0.3) is 0 Å². The van der Waals surface area contributed by atoms with E-state index in [1.165, 1.54) is 0 Å². The number of benzene rings is 1. The summed E-state index contributed by atoms with van der Waals surface area (Å²) >= 11 is 5.96. The zero-order valence-electron chi connectivity index (χ0n) is 11.7. The summed E-state index contributed by atoms with van der Waals surface area (Å²) in [6, 6.07) is 5.23. The summed E-state index contributed by atoms with van der Waals surface area (Å²) in [5.41, 5.74) is 0.264. The van der Waals surface area contributed by atoms with Gasteiger partial charge in [-0.05, 0) is 37.9 Å². The molecular weight excluding hydrogens is 299 g/mol. The molecule has 0 saturated carbocycles. The summed E-state index contributed by atoms with van der Waals surface area (Å²) in [5.74, 6) is 0.571. The minimum atomic E-state index is -0.438. The molecule has 1 amide bonds. The van der Waals surface area contributed by atoms with Crippen LogP contribution in [0.2, 0.25) is 5.02 Å². The van der Waals surface area contributed by atoms with Crippen molar-refractivity contribution >= 4 is 35.6 Å². The van der Waals surface area contributed by atoms with Gasteiger partial charge < -0.3 is 15.4 Å². The lowest BCUT2D eigenvalue weighted by Gasteiger charge is -2.26. The highest BCUT2D eigenvalue weighted by atomic mass is 35.5. The molecule has 1 heterocycles. The third kappa shape index (κ3) is 3.37. The molecular formula is C14H20Cl2N2O2. The fourth-order valence-electron chi connectivity index (χ4n) is 2.45. The predicted octanol–water partition coefficient (Wildman–Crippen LogP) is 3.24. The van der Waals surface area contributed by atoms with Gasteiger partial charge in [-0.15, -0.1) is 12.4 Å². The highest BCUT2D eigenvalue weighted by Gasteiger charge is 2.39. The summed E-state index contributed by atoms with van der Waals surface area (Å²) in [4.78, 5) is 12.4. The van der Waals surface area contributed by atoms with Crippen molar-refractivity contribution in [3.63, 3.8) is 0 Å². The molecule has 4 nitrogen and oxygen atoms in total. The molecule has 1 aromatic carbocycles. The number of rotatable bonds is 4. The number of anilines is 1. The topological polar surface area (TPSA) is 50.4 Å². The Labute approximate surface area is 130 Å². The number of ether oxygens (including phenoxy) is 1. The van der Waals surface area contributed by atoms with E-state index in [1.54, 1.807) is 25.3 Å². The lowest BCUT2D eigenvalue weighted by atomic mass is 9.93. The van der Waals surface area contributed by atoms with Gasteiger partial charge in [0.05, 0.1) is 17.7 Å². The van der Waals surface area contributed by atoms with Crippen LogP contribution in [0.4, 0.5) is 5.69 Å². The fraction of sp³-hybridized carbons (Fsp3) is 0.500. The van der Waals surface area contributed by atoms with E-state index >= 15 is 0 Å². The lowest BCUT2D eigenvalue weighted by molar-refractivity contribution is -0.122. The van der Waals surface area contributed by atoms with Crippen molar-refractivity contribution in [2.45, 2.75) is 31.7 Å². The molecule has 0 bridgehead atoms. The second kappa shape index (κ2) is 7.16. The molecule has 0 spiro atoms. The van der Waals surface area contributed by atoms with Crippen LogP contribution in [0, 0.1) is 0 Å². The summed E-state index contributed by atoms with van der Waals surface area (Å²) in [5, 5.41) is 6.78. The average molecular weight is 319 g/mol. The van der Waals surface area contributed by atoms with Crippen LogP contribution >= 0.6 is 24.0 Å². The Kier molecular flexibility index (Phi) is 6.11. The zero-order chi connectivity index (χ0) is 13.9. The molecule has 6 heteroatoms. The monoisotopic (exact) mass is 318 g/mol. The first kappa shape index (κ1) is 17.1. The van der Waals surface area contributed by atoms with Crippen molar-refractivity contribution in [3.05, 3.63) is 23.2 Å². The van der Waals surface area contributed by atoms with E-state index in [2.05, 4.69) is 10.6 Å². The Bertz CT molecular complexity index is 474. The molecule has 1 saturated heterocycles. The maximum Gasteiger partial charge on any atom is 0.244 e. The summed E-state index contributed by atoms with van der Waals surface area (Å²) in [6.07, 6.45) is 2.69. The second-order valence-electron chi connectivity index (χ2n) is 4.77. The fourth-order valence-corrected chi connectivity index (χ4v) is 2.65. The molecule has 1 aliphatic rings. The van der Waals surface area contributed by atoms with Crippen LogP contribution in [-0.4, -0.2) is 25.1 Å². The molecule has 20 heavy (non-hydrogen) atoms. The average Bonchev–Trinajstić information content (AvgIpc) is 2.91. The van der Waals surface area contributed by atoms with Crippen molar-refractivity contribution in [2.75, 3.05) is 19.0 Å². The van der Waals surface area contributed by atoms with Crippen LogP contribution in [0.3, 0.4) is 0 Å². The number of hydrogen-bond acceptors (Lipinski definition) is 3. The third-order valence-corrected chi connectivity index (χ3v) is 4.00. The number of amides is 1. The van der Waals surface area contributed by atoms with Crippen LogP contribution < -0.4 is 15.4 Å². The zero-order valence-corrected chi connectivity index (χ0v) is 13.2. The molecule has 1 fully saturated rings. The molecule has 1 atom stereocenters. The number of hydrogen-bond donors (Lipinski definition) is 2. The van der Waals surface area contributed by atoms with Crippen molar-refractivity contribution in [3.8, 4) is 5.75 Å². The van der Waals surface area contributed by atoms with Gasteiger partial charge in [0.2, 0.25) is 5.91 Å². The van der Waals surface area contributed by atoms with Crippen molar-refractivity contribution < 1.29 is 9.53 Å². The van der Waals surface area contributed by atoms with E-state index in [9.17, 15) is 4.79 Å². The van der Waals surface area contributed by atoms with E-state index in [0.29, 0.717) is 16.5 Å². The summed E-state index contributed by atoms with van der Waals surface area (Å²) in [6.45, 7) is 2.92. The van der Waals surface area contributed by atoms with Crippen molar-refractivity contribution in [2.24, 2.45) is 0 Å². The van der Waals surface area contributed by atoms with Crippen molar-refractivity contribution in [1.82, 2.24) is 5.32 Å². The number of methoxy groups -OCH3 is 1. The molecule has 2 N–H and O–H groups in total. The molecule has 1 aromatic rings. The largest absolute Gasteiger partial charge is 0.495 e. The Hall–Kier alpha value is -0.970. The van der Waals surface area contributed by atoms with Gasteiger partial charge in [0.15, 0.2) is 0 Å². The van der Waals surface area contributed by atoms with Gasteiger partial charge in [-0.25, -0.2) is 0 Å². The van der Waals surface area contributed by atoms with Gasteiger partial charge in [-0.1, -0.05) is 18.5 Å². The Morgan fingerprint density at radius 1 is 1.55 bits per heavy atom. The van der Waals surface area contributed by atoms with Gasteiger partial charge in [0.1, 0.15) is 5.75 Å². The van der Waals surface area contributed by atoms with Crippen molar-refractivity contribution in [1.29, 1.82) is 0 Å². The summed E-state index contributed by atoms with van der Waals surface area (Å²) in [7, 11) is 1.55. The number of carbonyl (C=O) groups excluding carboxylic acids is 1. The SMILES string of the molecule is CCC1(C(=O)Nc2ccc(Cl)c(OC)c2)CCCN1.Cl. The van der Waals surface area contributed by atoms with E-state index in [1.807, 2.05) is 6.92 Å². The number of halogens is 2. The standard InChI is InChI=1S/C14H19ClN2O2.ClH/c1-3-14(7-4-8-16-14)13(18)17-10-5-6-11(15)12(9-10)19-2;/h5-6,9,16H,3-4,7-8H2,1-2H3,(H,17,18);1H. The van der Waals surface area contributed by atoms with Gasteiger partial charge in [-0.2, -0.15) is 0 Å². The maximum atomic E-state index is 12.4. The van der Waals surface area contributed by atoms with Gasteiger partial charge in [0, 0.05) is 11.8 Å². The highest BCUT2D eigenvalue weighted by molar-refractivity contribution is 6.32. The number of carbonyl (C=O) groups is 1. The number of nitrogens with one attached hydrogen (secondary N) is 2. The van der Waals surface area contributed by atoms with Crippen LogP contribution in [0.5, 0.6) is 5.75 Å². The molecule has 1 unspecified atom stereocenters. The maximum absolute atomic E-state index is 12.4. The molecule has 2 rings (SSSR count). The molecule has 112 valence electrons. The quantitative estimate of drug-likeness (QED) is 0.896. The summed E-state index contributed by atoms with van der Waals surface area (Å²) < 4.78 is 5.15. The highest BCUT2D eigenvalue weighted by Crippen LogP contribution is 2.29. The first-order valence-electron chi connectivity index (χ1n) is 6.51. The van der Waals surface area contributed by atoms with E-state index < -0.39 is 5.54 Å². The van der Waals surface area contributed by atoms with Crippen LogP contribution in [-0.2, 0) is 4.79 Å². The molecule has 0 aromatic heterocycles. The molecule has 0 radical (unpaired) electrons.